The summed E-state index contributed by atoms with van der Waals surface area (Å²) >= 11 is 4.33. The van der Waals surface area contributed by atoms with Gasteiger partial charge in [-0.3, -0.25) is 0 Å². The van der Waals surface area contributed by atoms with Crippen LogP contribution in [0.3, 0.4) is 0 Å². The lowest BCUT2D eigenvalue weighted by molar-refractivity contribution is 0.153. The molecule has 0 bridgehead atoms. The van der Waals surface area contributed by atoms with Gasteiger partial charge >= 0.3 is 0 Å². The number of nitrogens with zero attached hydrogens (tertiary/aromatic N) is 2. The van der Waals surface area contributed by atoms with Crippen LogP contribution in [0.5, 0.6) is 0 Å². The van der Waals surface area contributed by atoms with Gasteiger partial charge in [0.1, 0.15) is 0 Å². The number of thiazole rings is 1. The van der Waals surface area contributed by atoms with E-state index < -0.39 is 6.43 Å². The predicted octanol–water partition coefficient (Wildman–Crippen LogP) is 3.70. The van der Waals surface area contributed by atoms with Crippen LogP contribution in [0.1, 0.15) is 17.7 Å². The van der Waals surface area contributed by atoms with E-state index in [9.17, 15) is 8.78 Å². The van der Waals surface area contributed by atoms with Crippen LogP contribution in [-0.4, -0.2) is 9.97 Å². The molecule has 74 valence electrons. The van der Waals surface area contributed by atoms with Gasteiger partial charge in [0, 0.05) is 11.3 Å². The van der Waals surface area contributed by atoms with Crippen molar-refractivity contribution in [3.8, 4) is 0 Å². The molecule has 0 N–H and O–H groups in total. The van der Waals surface area contributed by atoms with Crippen LogP contribution in [0.4, 0.5) is 8.78 Å². The van der Waals surface area contributed by atoms with E-state index in [0.29, 0.717) is 20.0 Å². The molecule has 0 saturated carbocycles. The van der Waals surface area contributed by atoms with Crippen LogP contribution in [0, 0.1) is 6.92 Å². The minimum atomic E-state index is -2.48. The monoisotopic (exact) mass is 278 g/mol. The van der Waals surface area contributed by atoms with E-state index in [-0.39, 0.29) is 5.56 Å². The van der Waals surface area contributed by atoms with E-state index >= 15 is 0 Å². The summed E-state index contributed by atoms with van der Waals surface area (Å²) < 4.78 is 26.3. The minimum absolute atomic E-state index is 0.00991. The standard InChI is InChI=1S/C8H5BrF2N2S/c1-3-2-4(6(10)11)5-7(12-3)13-8(9)14-5/h2,6H,1H3. The lowest BCUT2D eigenvalue weighted by Gasteiger charge is -2.01. The maximum Gasteiger partial charge on any atom is 0.265 e. The van der Waals surface area contributed by atoms with Crippen LogP contribution in [-0.2, 0) is 0 Å². The van der Waals surface area contributed by atoms with Gasteiger partial charge in [-0.15, -0.1) is 11.3 Å². The Labute approximate surface area is 91.1 Å². The third kappa shape index (κ3) is 1.64. The second kappa shape index (κ2) is 3.51. The topological polar surface area (TPSA) is 25.8 Å². The molecule has 2 aromatic heterocycles. The second-order valence-corrected chi connectivity index (χ2v) is 5.05. The van der Waals surface area contributed by atoms with Gasteiger partial charge in [0.05, 0.1) is 4.70 Å². The fourth-order valence-corrected chi connectivity index (χ4v) is 2.61. The molecular formula is C8H5BrF2N2S. The van der Waals surface area contributed by atoms with Crippen LogP contribution < -0.4 is 0 Å². The number of aromatic nitrogens is 2. The molecule has 0 saturated heterocycles. The maximum absolute atomic E-state index is 12.6. The Morgan fingerprint density at radius 3 is 2.79 bits per heavy atom. The highest BCUT2D eigenvalue weighted by Crippen LogP contribution is 2.33. The minimum Gasteiger partial charge on any atom is -0.233 e. The van der Waals surface area contributed by atoms with Crippen LogP contribution in [0.15, 0.2) is 9.98 Å². The summed E-state index contributed by atoms with van der Waals surface area (Å²) in [6.07, 6.45) is -2.48. The molecule has 6 heteroatoms. The lowest BCUT2D eigenvalue weighted by atomic mass is 10.2. The quantitative estimate of drug-likeness (QED) is 0.795. The second-order valence-electron chi connectivity index (χ2n) is 2.77. The number of aryl methyl sites for hydroxylation is 1. The van der Waals surface area contributed by atoms with Gasteiger partial charge in [0.15, 0.2) is 9.56 Å². The number of hydrogen-bond donors (Lipinski definition) is 0. The van der Waals surface area contributed by atoms with Crippen molar-refractivity contribution in [1.82, 2.24) is 9.97 Å². The van der Waals surface area contributed by atoms with Crippen molar-refractivity contribution in [3.63, 3.8) is 0 Å². The van der Waals surface area contributed by atoms with E-state index in [0.717, 1.165) is 0 Å². The molecular weight excluding hydrogens is 274 g/mol. The fourth-order valence-electron chi connectivity index (χ4n) is 1.20. The third-order valence-corrected chi connectivity index (χ3v) is 3.27. The largest absolute Gasteiger partial charge is 0.265 e. The molecule has 2 aromatic rings. The summed E-state index contributed by atoms with van der Waals surface area (Å²) in [5, 5.41) is 0. The Hall–Kier alpha value is -0.620. The Kier molecular flexibility index (Phi) is 2.48. The molecule has 0 aromatic carbocycles. The van der Waals surface area contributed by atoms with Gasteiger partial charge < -0.3 is 0 Å². The number of pyridine rings is 1. The van der Waals surface area contributed by atoms with Crippen molar-refractivity contribution in [2.24, 2.45) is 0 Å². The number of alkyl halides is 2. The molecule has 0 spiro atoms. The molecule has 0 atom stereocenters. The zero-order valence-corrected chi connectivity index (χ0v) is 9.49. The van der Waals surface area contributed by atoms with Gasteiger partial charge in [0.25, 0.3) is 6.43 Å². The maximum atomic E-state index is 12.6. The molecule has 0 aliphatic carbocycles. The zero-order chi connectivity index (χ0) is 10.3. The first kappa shape index (κ1) is 9.92. The van der Waals surface area contributed by atoms with Crippen molar-refractivity contribution in [2.75, 3.05) is 0 Å². The first-order valence-electron chi connectivity index (χ1n) is 3.79. The normalized spacial score (nSPS) is 11.5. The molecule has 0 radical (unpaired) electrons. The highest BCUT2D eigenvalue weighted by atomic mass is 79.9. The van der Waals surface area contributed by atoms with E-state index in [2.05, 4.69) is 25.9 Å². The van der Waals surface area contributed by atoms with Crippen molar-refractivity contribution in [2.45, 2.75) is 13.3 Å². The Morgan fingerprint density at radius 2 is 2.14 bits per heavy atom. The number of fused-ring (bicyclic) bond motifs is 1. The summed E-state index contributed by atoms with van der Waals surface area (Å²) in [6.45, 7) is 1.68. The van der Waals surface area contributed by atoms with Crippen molar-refractivity contribution >= 4 is 37.6 Å². The summed E-state index contributed by atoms with van der Waals surface area (Å²) in [7, 11) is 0. The summed E-state index contributed by atoms with van der Waals surface area (Å²) in [5.41, 5.74) is 0.957. The predicted molar refractivity (Wildman–Crippen MR) is 54.8 cm³/mol. The number of halogens is 3. The first-order valence-corrected chi connectivity index (χ1v) is 5.40. The number of rotatable bonds is 1. The summed E-state index contributed by atoms with van der Waals surface area (Å²) in [4.78, 5) is 8.08. The molecule has 2 heterocycles. The highest BCUT2D eigenvalue weighted by Gasteiger charge is 2.16. The number of hydrogen-bond acceptors (Lipinski definition) is 3. The van der Waals surface area contributed by atoms with E-state index in [1.54, 1.807) is 6.92 Å². The molecule has 0 aliphatic rings. The summed E-state index contributed by atoms with van der Waals surface area (Å²) in [5.74, 6) is 0. The smallest absolute Gasteiger partial charge is 0.233 e. The molecule has 14 heavy (non-hydrogen) atoms. The molecule has 0 fully saturated rings. The molecule has 0 unspecified atom stereocenters. The average molecular weight is 279 g/mol. The van der Waals surface area contributed by atoms with Crippen LogP contribution in [0.25, 0.3) is 10.3 Å². The van der Waals surface area contributed by atoms with Crippen LogP contribution in [0.2, 0.25) is 0 Å². The third-order valence-electron chi connectivity index (χ3n) is 1.73. The Bertz CT molecular complexity index is 483. The van der Waals surface area contributed by atoms with Crippen molar-refractivity contribution < 1.29 is 8.78 Å². The molecule has 0 amide bonds. The fraction of sp³-hybridized carbons (Fsp3) is 0.250. The highest BCUT2D eigenvalue weighted by molar-refractivity contribution is 9.11. The molecule has 2 rings (SSSR count). The molecule has 0 aliphatic heterocycles. The lowest BCUT2D eigenvalue weighted by Crippen LogP contribution is -1.90. The van der Waals surface area contributed by atoms with Gasteiger partial charge in [-0.2, -0.15) is 0 Å². The van der Waals surface area contributed by atoms with Crippen molar-refractivity contribution in [3.05, 3.63) is 21.2 Å². The van der Waals surface area contributed by atoms with Gasteiger partial charge in [-0.25, -0.2) is 18.7 Å². The van der Waals surface area contributed by atoms with Gasteiger partial charge in [-0.1, -0.05) is 0 Å². The van der Waals surface area contributed by atoms with Gasteiger partial charge in [-0.05, 0) is 28.9 Å². The van der Waals surface area contributed by atoms with E-state index in [4.69, 9.17) is 0 Å². The average Bonchev–Trinajstić information content (AvgIpc) is 2.42. The Morgan fingerprint density at radius 1 is 1.43 bits per heavy atom. The first-order chi connectivity index (χ1) is 6.58. The molecule has 2 nitrogen and oxygen atoms in total. The van der Waals surface area contributed by atoms with Crippen LogP contribution >= 0.6 is 27.3 Å². The zero-order valence-electron chi connectivity index (χ0n) is 7.09. The van der Waals surface area contributed by atoms with Gasteiger partial charge in [0.2, 0.25) is 0 Å². The van der Waals surface area contributed by atoms with E-state index in [1.165, 1.54) is 17.4 Å². The SMILES string of the molecule is Cc1cc(C(F)F)c2sc(Br)nc2n1. The Balaban J connectivity index is 2.79. The summed E-state index contributed by atoms with van der Waals surface area (Å²) in [6, 6.07) is 1.40. The van der Waals surface area contributed by atoms with E-state index in [1.807, 2.05) is 0 Å². The van der Waals surface area contributed by atoms with Crippen molar-refractivity contribution in [1.29, 1.82) is 0 Å².